The topological polar surface area (TPSA) is 97.1 Å². The highest BCUT2D eigenvalue weighted by Gasteiger charge is 2.97. The quantitative estimate of drug-likeness (QED) is 0.169. The maximum Gasteiger partial charge on any atom is 0.268 e. The lowest BCUT2D eigenvalue weighted by Crippen LogP contribution is -2.47. The van der Waals surface area contributed by atoms with E-state index < -0.39 is 11.5 Å². The summed E-state index contributed by atoms with van der Waals surface area (Å²) in [5.41, 5.74) is -0.708. The van der Waals surface area contributed by atoms with Crippen LogP contribution in [-0.4, -0.2) is 93.3 Å². The molecular weight excluding hydrogens is 458 g/mol. The molecule has 0 amide bonds. The first-order valence-corrected chi connectivity index (χ1v) is 13.0. The van der Waals surface area contributed by atoms with Crippen molar-refractivity contribution >= 4 is 23.1 Å². The minimum Gasteiger partial charge on any atom is -0.476 e. The van der Waals surface area contributed by atoms with Crippen LogP contribution in [0.5, 0.6) is 5.88 Å². The van der Waals surface area contributed by atoms with Crippen LogP contribution < -0.4 is 4.74 Å². The number of morpholine rings is 1. The Kier molecular flexibility index (Phi) is 5.40. The molecule has 0 bridgehead atoms. The second-order valence-electron chi connectivity index (χ2n) is 10.6. The molecule has 34 heavy (non-hydrogen) atoms. The van der Waals surface area contributed by atoms with Gasteiger partial charge >= 0.3 is 0 Å². The maximum absolute atomic E-state index is 14.2. The van der Waals surface area contributed by atoms with E-state index in [4.69, 9.17) is 21.1 Å². The number of ketones is 1. The largest absolute Gasteiger partial charge is 0.476 e. The summed E-state index contributed by atoms with van der Waals surface area (Å²) in [6.45, 7) is 4.10. The zero-order valence-electron chi connectivity index (χ0n) is 19.7. The van der Waals surface area contributed by atoms with E-state index in [2.05, 4.69) is 27.1 Å². The van der Waals surface area contributed by atoms with Crippen molar-refractivity contribution in [1.82, 2.24) is 14.9 Å². The monoisotopic (exact) mass is 490 g/mol. The molecule has 5 fully saturated rings. The summed E-state index contributed by atoms with van der Waals surface area (Å²) in [6, 6.07) is 1.90. The van der Waals surface area contributed by atoms with Crippen LogP contribution in [0.1, 0.15) is 57.2 Å². The van der Waals surface area contributed by atoms with Crippen LogP contribution in [0, 0.1) is 5.92 Å². The minimum absolute atomic E-state index is 0.121. The molecule has 4 aliphatic heterocycles. The van der Waals surface area contributed by atoms with Crippen molar-refractivity contribution in [3.63, 3.8) is 0 Å². The number of hydrogen-bond acceptors (Lipinski definition) is 8. The van der Waals surface area contributed by atoms with Gasteiger partial charge in [0.2, 0.25) is 17.2 Å². The third-order valence-corrected chi connectivity index (χ3v) is 9.52. The van der Waals surface area contributed by atoms with Crippen LogP contribution in [-0.2, 0) is 9.53 Å². The predicted octanol–water partition coefficient (Wildman–Crippen LogP) is 2.63. The molecule has 9 nitrogen and oxygen atoms in total. The third kappa shape index (κ3) is 2.90. The maximum atomic E-state index is 14.2. The molecule has 1 N–H and O–H groups in total. The fourth-order valence-corrected chi connectivity index (χ4v) is 8.01. The zero-order valence-corrected chi connectivity index (χ0v) is 20.5. The number of ether oxygens (including phenoxy) is 2. The molecule has 6 rings (SSSR count). The number of halogens is 1. The van der Waals surface area contributed by atoms with Crippen molar-refractivity contribution < 1.29 is 24.0 Å². The molecule has 10 heteroatoms. The summed E-state index contributed by atoms with van der Waals surface area (Å²) in [7, 11) is 2.09. The van der Waals surface area contributed by atoms with Crippen LogP contribution in [0.15, 0.2) is 11.2 Å². The van der Waals surface area contributed by atoms with Crippen molar-refractivity contribution in [2.45, 2.75) is 68.7 Å². The van der Waals surface area contributed by atoms with E-state index in [-0.39, 0.29) is 28.2 Å². The molecule has 0 aromatic carbocycles. The Bertz CT molecular complexity index is 1040. The normalized spacial score (nSPS) is 39.8. The van der Waals surface area contributed by atoms with Gasteiger partial charge in [-0.2, -0.15) is 4.98 Å². The third-order valence-electron chi connectivity index (χ3n) is 9.33. The molecule has 5 aliphatic rings. The zero-order chi connectivity index (χ0) is 23.6. The van der Waals surface area contributed by atoms with E-state index in [1.165, 1.54) is 0 Å². The minimum atomic E-state index is -0.584. The van der Waals surface area contributed by atoms with Crippen molar-refractivity contribution in [2.75, 3.05) is 39.9 Å². The number of hydrogen-bond donors (Lipinski definition) is 1. The van der Waals surface area contributed by atoms with Gasteiger partial charge < -0.3 is 19.6 Å². The van der Waals surface area contributed by atoms with E-state index in [0.717, 1.165) is 75.7 Å². The van der Waals surface area contributed by atoms with Gasteiger partial charge in [-0.15, -0.1) is 0 Å². The summed E-state index contributed by atoms with van der Waals surface area (Å²) in [6.07, 6.45) is 7.58. The van der Waals surface area contributed by atoms with Gasteiger partial charge in [0.05, 0.1) is 12.5 Å². The molecule has 4 saturated heterocycles. The Labute approximate surface area is 204 Å². The molecule has 1 aliphatic carbocycles. The van der Waals surface area contributed by atoms with Crippen LogP contribution in [0.4, 0.5) is 0 Å². The Morgan fingerprint density at radius 2 is 2.15 bits per heavy atom. The molecule has 1 aromatic rings. The van der Waals surface area contributed by atoms with Gasteiger partial charge in [0.1, 0.15) is 30.6 Å². The van der Waals surface area contributed by atoms with Crippen LogP contribution in [0.3, 0.4) is 0 Å². The van der Waals surface area contributed by atoms with Crippen LogP contribution in [0.2, 0.25) is 5.15 Å². The average molecular weight is 491 g/mol. The second-order valence-corrected chi connectivity index (χ2v) is 11.0. The van der Waals surface area contributed by atoms with Gasteiger partial charge in [-0.3, -0.25) is 9.28 Å². The summed E-state index contributed by atoms with van der Waals surface area (Å²) >= 11 is 6.32. The molecule has 5 heterocycles. The predicted molar refractivity (Wildman–Crippen MR) is 124 cm³/mol. The lowest BCUT2D eigenvalue weighted by atomic mass is 9.76. The summed E-state index contributed by atoms with van der Waals surface area (Å²) in [4.78, 5) is 25.3. The summed E-state index contributed by atoms with van der Waals surface area (Å²) in [5.74, 6) is 0.0399. The Hall–Kier alpha value is -1.81. The van der Waals surface area contributed by atoms with Gasteiger partial charge in [0, 0.05) is 24.9 Å². The Balaban J connectivity index is 1.29. The first kappa shape index (κ1) is 22.6. The summed E-state index contributed by atoms with van der Waals surface area (Å²) in [5, 5.41) is 13.9. The van der Waals surface area contributed by atoms with Crippen molar-refractivity contribution in [2.24, 2.45) is 11.1 Å². The van der Waals surface area contributed by atoms with E-state index >= 15 is 0 Å². The van der Waals surface area contributed by atoms with E-state index in [1.807, 2.05) is 0 Å². The second kappa shape index (κ2) is 8.11. The number of aromatic nitrogens is 2. The van der Waals surface area contributed by atoms with Crippen molar-refractivity contribution in [3.8, 4) is 5.88 Å². The van der Waals surface area contributed by atoms with Gasteiger partial charge in [-0.25, -0.2) is 4.98 Å². The molecule has 5 atom stereocenters. The molecule has 1 aromatic heterocycles. The van der Waals surface area contributed by atoms with Gasteiger partial charge in [-0.1, -0.05) is 16.8 Å². The lowest BCUT2D eigenvalue weighted by molar-refractivity contribution is -0.844. The lowest BCUT2D eigenvalue weighted by Gasteiger charge is -2.24. The van der Waals surface area contributed by atoms with Gasteiger partial charge in [-0.05, 0) is 52.1 Å². The van der Waals surface area contributed by atoms with Crippen molar-refractivity contribution in [1.29, 1.82) is 0 Å². The first-order chi connectivity index (χ1) is 16.5. The van der Waals surface area contributed by atoms with Crippen molar-refractivity contribution in [3.05, 3.63) is 17.0 Å². The highest BCUT2D eigenvalue weighted by molar-refractivity contribution is 6.29. The highest BCUT2D eigenvalue weighted by Crippen LogP contribution is 2.72. The SMILES string of the molecule is CN1CCCC1COc1cc(Cl)nc(/C(=N\O)C2CCC[N+]34CCOC35CCCCC54C2=O)n1. The average Bonchev–Trinajstić information content (AvgIpc) is 3.06. The number of quaternary nitrogens is 1. The van der Waals surface area contributed by atoms with E-state index in [0.29, 0.717) is 24.9 Å². The highest BCUT2D eigenvalue weighted by atomic mass is 35.5. The number of nitrogens with zero attached hydrogens (tertiary/aromatic N) is 5. The number of likely N-dealkylation sites (N-methyl/N-ethyl adjacent to an activating group) is 1. The van der Waals surface area contributed by atoms with Crippen LogP contribution in [0.25, 0.3) is 0 Å². The number of likely N-dealkylation sites (tertiary alicyclic amines) is 1. The van der Waals surface area contributed by atoms with Gasteiger partial charge in [0.25, 0.3) is 5.72 Å². The molecule has 1 saturated carbocycles. The van der Waals surface area contributed by atoms with Crippen LogP contribution >= 0.6 is 11.6 Å². The number of oxime groups is 1. The first-order valence-electron chi connectivity index (χ1n) is 12.6. The Morgan fingerprint density at radius 3 is 2.94 bits per heavy atom. The molecule has 3 spiro atoms. The number of Topliss-reactive ketones (excluding diaryl/α,β-unsaturated/α-hetero) is 1. The van der Waals surface area contributed by atoms with Gasteiger partial charge in [0.15, 0.2) is 5.82 Å². The smallest absolute Gasteiger partial charge is 0.268 e. The fourth-order valence-electron chi connectivity index (χ4n) is 7.83. The molecule has 0 radical (unpaired) electrons. The number of carbonyl (C=O) groups is 1. The summed E-state index contributed by atoms with van der Waals surface area (Å²) < 4.78 is 13.1. The molecular formula is C24H33ClN5O4+. The Morgan fingerprint density at radius 1 is 1.29 bits per heavy atom. The molecule has 5 unspecified atom stereocenters. The van der Waals surface area contributed by atoms with E-state index in [9.17, 15) is 10.0 Å². The fraction of sp³-hybridized carbons (Fsp3) is 0.750. The molecule has 184 valence electrons. The van der Waals surface area contributed by atoms with E-state index in [1.54, 1.807) is 6.07 Å². The number of carbonyl (C=O) groups excluding carboxylic acids is 1. The number of rotatable bonds is 5. The standard InChI is InChI=1S/C24H32ClN5O4/c1-29-10-4-6-16(29)15-33-19-14-18(25)26-22(27-19)20(28-32)17-7-5-11-30-12-13-34-24(30)9-3-2-8-23(24,30)21(17)31/h14,16-17H,2-13,15H2,1H3/p+1.